The minimum Gasteiger partial charge on any atom is -0.477 e. The zero-order valence-electron chi connectivity index (χ0n) is 11.4. The lowest BCUT2D eigenvalue weighted by molar-refractivity contribution is -0.0613. The highest BCUT2D eigenvalue weighted by Crippen LogP contribution is 2.30. The minimum atomic E-state index is -3.74. The Morgan fingerprint density at radius 2 is 2.00 bits per heavy atom. The van der Waals surface area contributed by atoms with Gasteiger partial charge >= 0.3 is 5.97 Å². The highest BCUT2D eigenvalue weighted by Gasteiger charge is 2.46. The first-order valence-corrected chi connectivity index (χ1v) is 7.83. The number of nitrogens with zero attached hydrogens (tertiary/aromatic N) is 2. The molecule has 0 saturated carbocycles. The summed E-state index contributed by atoms with van der Waals surface area (Å²) in [6, 6.07) is 1.16. The summed E-state index contributed by atoms with van der Waals surface area (Å²) in [6.45, 7) is 4.00. The Bertz CT molecular complexity index is 628. The van der Waals surface area contributed by atoms with E-state index in [2.05, 4.69) is 0 Å². The smallest absolute Gasteiger partial charge is 0.352 e. The molecule has 0 radical (unpaired) electrons. The molecule has 2 heterocycles. The molecule has 8 heteroatoms. The van der Waals surface area contributed by atoms with Crippen molar-refractivity contribution in [3.05, 3.63) is 18.0 Å². The number of aromatic nitrogens is 1. The summed E-state index contributed by atoms with van der Waals surface area (Å²) in [7, 11) is -3.74. The second kappa shape index (κ2) is 4.87. The molecule has 0 spiro atoms. The Morgan fingerprint density at radius 3 is 2.40 bits per heavy atom. The van der Waals surface area contributed by atoms with Crippen LogP contribution < -0.4 is 0 Å². The molecular formula is C12H18N2O5S. The molecule has 1 aliphatic heterocycles. The molecule has 1 aromatic rings. The summed E-state index contributed by atoms with van der Waals surface area (Å²) in [5.41, 5.74) is -1.02. The van der Waals surface area contributed by atoms with Gasteiger partial charge in [0.1, 0.15) is 10.6 Å². The van der Waals surface area contributed by atoms with E-state index >= 15 is 0 Å². The summed E-state index contributed by atoms with van der Waals surface area (Å²) in [4.78, 5) is 11.0. The fourth-order valence-corrected chi connectivity index (χ4v) is 3.86. The van der Waals surface area contributed by atoms with E-state index in [0.29, 0.717) is 13.0 Å². The number of sulfonamides is 1. The predicted octanol–water partition coefficient (Wildman–Crippen LogP) is 0.352. The highest BCUT2D eigenvalue weighted by molar-refractivity contribution is 7.89. The van der Waals surface area contributed by atoms with E-state index in [1.54, 1.807) is 13.8 Å². The molecule has 0 atom stereocenters. The highest BCUT2D eigenvalue weighted by atomic mass is 32.2. The first-order valence-electron chi connectivity index (χ1n) is 6.39. The molecule has 20 heavy (non-hydrogen) atoms. The summed E-state index contributed by atoms with van der Waals surface area (Å²) < 4.78 is 27.2. The maximum Gasteiger partial charge on any atom is 0.352 e. The van der Waals surface area contributed by atoms with Gasteiger partial charge < -0.3 is 14.8 Å². The van der Waals surface area contributed by atoms with Crippen LogP contribution in [0.25, 0.3) is 0 Å². The molecule has 2 N–H and O–H groups in total. The van der Waals surface area contributed by atoms with Gasteiger partial charge in [0.05, 0.1) is 5.60 Å². The minimum absolute atomic E-state index is 0.0464. The van der Waals surface area contributed by atoms with Crippen molar-refractivity contribution in [2.45, 2.75) is 37.3 Å². The van der Waals surface area contributed by atoms with E-state index in [1.165, 1.54) is 10.8 Å². The van der Waals surface area contributed by atoms with E-state index in [9.17, 15) is 18.3 Å². The van der Waals surface area contributed by atoms with Gasteiger partial charge in [0.25, 0.3) is 0 Å². The summed E-state index contributed by atoms with van der Waals surface area (Å²) in [6.07, 6.45) is 1.80. The number of rotatable bonds is 5. The molecule has 0 aromatic carbocycles. The van der Waals surface area contributed by atoms with E-state index in [1.807, 2.05) is 0 Å². The van der Waals surface area contributed by atoms with Gasteiger partial charge in [-0.15, -0.1) is 0 Å². The summed E-state index contributed by atoms with van der Waals surface area (Å²) >= 11 is 0. The summed E-state index contributed by atoms with van der Waals surface area (Å²) in [5, 5.41) is 18.9. The Kier molecular flexibility index (Phi) is 3.66. The molecule has 0 unspecified atom stereocenters. The third kappa shape index (κ3) is 2.34. The first-order chi connectivity index (χ1) is 9.23. The molecule has 1 aliphatic rings. The number of aliphatic hydroxyl groups is 1. The molecule has 0 aliphatic carbocycles. The van der Waals surface area contributed by atoms with Gasteiger partial charge in [-0.3, -0.25) is 0 Å². The van der Waals surface area contributed by atoms with Gasteiger partial charge in [0, 0.05) is 25.8 Å². The Hall–Kier alpha value is -1.38. The van der Waals surface area contributed by atoms with Gasteiger partial charge in [-0.25, -0.2) is 13.2 Å². The van der Waals surface area contributed by atoms with Crippen LogP contribution in [-0.2, 0) is 16.6 Å². The van der Waals surface area contributed by atoms with Gasteiger partial charge in [-0.1, -0.05) is 6.92 Å². The van der Waals surface area contributed by atoms with Crippen LogP contribution in [0.5, 0.6) is 0 Å². The van der Waals surface area contributed by atoms with Crippen LogP contribution in [0.2, 0.25) is 0 Å². The number of β-amino-alcohol motifs (C(OH)–C–C–N with tert-alkyl or cyclic N) is 1. The maximum absolute atomic E-state index is 12.3. The fourth-order valence-electron chi connectivity index (χ4n) is 2.22. The molecule has 1 aromatic heterocycles. The number of aryl methyl sites for hydroxylation is 1. The van der Waals surface area contributed by atoms with Crippen LogP contribution in [0.15, 0.2) is 17.2 Å². The van der Waals surface area contributed by atoms with Gasteiger partial charge in [-0.2, -0.15) is 4.31 Å². The lowest BCUT2D eigenvalue weighted by Gasteiger charge is -2.44. The molecule has 0 amide bonds. The first kappa shape index (κ1) is 15.0. The second-order valence-electron chi connectivity index (χ2n) is 5.00. The van der Waals surface area contributed by atoms with E-state index in [0.717, 1.165) is 10.4 Å². The average Bonchev–Trinajstić information content (AvgIpc) is 2.79. The molecule has 2 rings (SSSR count). The van der Waals surface area contributed by atoms with Crippen molar-refractivity contribution in [2.24, 2.45) is 0 Å². The molecule has 7 nitrogen and oxygen atoms in total. The van der Waals surface area contributed by atoms with Crippen molar-refractivity contribution in [3.8, 4) is 0 Å². The molecular weight excluding hydrogens is 284 g/mol. The third-order valence-electron chi connectivity index (χ3n) is 3.67. The number of hydrogen-bond donors (Lipinski definition) is 2. The predicted molar refractivity (Wildman–Crippen MR) is 71.1 cm³/mol. The number of carboxylic acids is 1. The van der Waals surface area contributed by atoms with Crippen molar-refractivity contribution in [1.82, 2.24) is 8.87 Å². The van der Waals surface area contributed by atoms with Gasteiger partial charge in [-0.05, 0) is 19.4 Å². The topological polar surface area (TPSA) is 99.8 Å². The lowest BCUT2D eigenvalue weighted by Crippen LogP contribution is -2.62. The van der Waals surface area contributed by atoms with Crippen LogP contribution in [-0.4, -0.2) is 52.2 Å². The van der Waals surface area contributed by atoms with Crippen molar-refractivity contribution < 1.29 is 23.4 Å². The van der Waals surface area contributed by atoms with Crippen molar-refractivity contribution in [1.29, 1.82) is 0 Å². The monoisotopic (exact) mass is 302 g/mol. The zero-order chi connectivity index (χ0) is 15.1. The Balaban J connectivity index is 2.30. The quantitative estimate of drug-likeness (QED) is 0.817. The van der Waals surface area contributed by atoms with Crippen LogP contribution in [0, 0.1) is 0 Å². The van der Waals surface area contributed by atoms with Crippen LogP contribution in [0.4, 0.5) is 0 Å². The molecule has 112 valence electrons. The molecule has 1 fully saturated rings. The van der Waals surface area contributed by atoms with Gasteiger partial charge in [0.2, 0.25) is 10.0 Å². The van der Waals surface area contributed by atoms with Gasteiger partial charge in [0.15, 0.2) is 0 Å². The lowest BCUT2D eigenvalue weighted by atomic mass is 9.94. The normalized spacial score (nSPS) is 18.8. The SMILES string of the molecule is CCn1cc(S(=O)(=O)N2CC(O)(CC)C2)cc1C(=O)O. The van der Waals surface area contributed by atoms with Crippen molar-refractivity contribution in [2.75, 3.05) is 13.1 Å². The number of carbonyl (C=O) groups is 1. The van der Waals surface area contributed by atoms with Crippen LogP contribution in [0.1, 0.15) is 30.8 Å². The summed E-state index contributed by atoms with van der Waals surface area (Å²) in [5.74, 6) is -1.16. The Labute approximate surface area is 117 Å². The van der Waals surface area contributed by atoms with E-state index in [4.69, 9.17) is 5.11 Å². The van der Waals surface area contributed by atoms with Crippen molar-refractivity contribution >= 4 is 16.0 Å². The number of carboxylic acid groups (broad SMARTS) is 1. The standard InChI is InChI=1S/C12H18N2O5S/c1-3-12(17)7-14(8-12)20(18,19)9-5-10(11(15)16)13(4-2)6-9/h5-6,17H,3-4,7-8H2,1-2H3,(H,15,16). The molecule has 1 saturated heterocycles. The van der Waals surface area contributed by atoms with Crippen LogP contribution >= 0.6 is 0 Å². The number of aromatic carboxylic acids is 1. The fraction of sp³-hybridized carbons (Fsp3) is 0.583. The third-order valence-corrected chi connectivity index (χ3v) is 5.43. The Morgan fingerprint density at radius 1 is 1.40 bits per heavy atom. The maximum atomic E-state index is 12.3. The number of hydrogen-bond acceptors (Lipinski definition) is 4. The largest absolute Gasteiger partial charge is 0.477 e. The second-order valence-corrected chi connectivity index (χ2v) is 6.94. The average molecular weight is 302 g/mol. The molecule has 0 bridgehead atoms. The van der Waals surface area contributed by atoms with Crippen molar-refractivity contribution in [3.63, 3.8) is 0 Å². The zero-order valence-corrected chi connectivity index (χ0v) is 12.2. The van der Waals surface area contributed by atoms with Crippen LogP contribution in [0.3, 0.4) is 0 Å². The van der Waals surface area contributed by atoms with E-state index in [-0.39, 0.29) is 23.7 Å². The van der Waals surface area contributed by atoms with E-state index < -0.39 is 21.6 Å².